The number of hydroxylamine groups is 1. The monoisotopic (exact) mass is 569 g/mol. The third kappa shape index (κ3) is 5.22. The molecule has 0 aliphatic carbocycles. The summed E-state index contributed by atoms with van der Waals surface area (Å²) >= 11 is 0. The number of nitrogens with one attached hydrogen (secondary N) is 2. The van der Waals surface area contributed by atoms with E-state index in [-0.39, 0.29) is 23.7 Å². The predicted octanol–water partition coefficient (Wildman–Crippen LogP) is 4.44. The molecule has 213 valence electrons. The molecule has 3 aromatic carbocycles. The molecular weight excluding hydrogens is 544 g/mol. The number of aryl methyl sites for hydroxylation is 1. The number of imidazole rings is 1. The van der Waals surface area contributed by atoms with Gasteiger partial charge in [-0.1, -0.05) is 54.6 Å². The van der Waals surface area contributed by atoms with E-state index in [1.807, 2.05) is 60.0 Å². The molecule has 2 aromatic heterocycles. The molecule has 0 atom stereocenters. The van der Waals surface area contributed by atoms with Crippen LogP contribution in [0.5, 0.6) is 6.01 Å². The first-order valence-electron chi connectivity index (χ1n) is 13.1. The van der Waals surface area contributed by atoms with Crippen molar-refractivity contribution in [2.75, 3.05) is 6.61 Å². The minimum atomic E-state index is -0.857. The lowest BCUT2D eigenvalue weighted by molar-refractivity contribution is 0.0444. The molecule has 42 heavy (non-hydrogen) atoms. The van der Waals surface area contributed by atoms with Gasteiger partial charge in [-0.2, -0.15) is 4.98 Å². The molecule has 1 radical (unpaired) electrons. The van der Waals surface area contributed by atoms with E-state index in [1.54, 1.807) is 25.1 Å². The molecule has 1 saturated heterocycles. The number of nitrogens with zero attached hydrogens (tertiary/aromatic N) is 2. The third-order valence-electron chi connectivity index (χ3n) is 6.67. The number of benzene rings is 3. The van der Waals surface area contributed by atoms with Crippen LogP contribution in [0, 0.1) is 13.1 Å². The Labute approximate surface area is 238 Å². The summed E-state index contributed by atoms with van der Waals surface area (Å²) < 4.78 is 22.9. The van der Waals surface area contributed by atoms with Gasteiger partial charge in [-0.15, -0.1) is 5.48 Å². The molecule has 12 heteroatoms. The standard InChI is InChI=1S/C30H25N4O8/c1-3-38-28-31-23-10-6-9-22(27(35)39-16-24-17(2)40-30(37)41-24)25(23)34(28)15-18-11-13-19(14-12-18)20-7-4-5-8-21(20)26-32-29(36)42-33-26/h4-14,33H,3,15-16H2,1-2H3,(H,32,36). The topological polar surface area (TPSA) is 147 Å². The molecular formula is C30H25N4O8. The van der Waals surface area contributed by atoms with Crippen LogP contribution in [0.15, 0.2) is 80.4 Å². The van der Waals surface area contributed by atoms with Crippen LogP contribution in [0.2, 0.25) is 0 Å². The fraction of sp³-hybridized carbons (Fsp3) is 0.167. The number of aromatic nitrogens is 2. The van der Waals surface area contributed by atoms with Crippen molar-refractivity contribution in [3.8, 4) is 17.1 Å². The summed E-state index contributed by atoms with van der Waals surface area (Å²) in [6.07, 6.45) is -0.102. The Kier molecular flexibility index (Phi) is 7.19. The molecule has 6 rings (SSSR count). The van der Waals surface area contributed by atoms with E-state index in [2.05, 4.69) is 15.8 Å². The second-order valence-corrected chi connectivity index (χ2v) is 9.33. The highest BCUT2D eigenvalue weighted by Crippen LogP contribution is 2.30. The van der Waals surface area contributed by atoms with Gasteiger partial charge in [-0.05, 0) is 42.7 Å². The van der Waals surface area contributed by atoms with Gasteiger partial charge in [0.1, 0.15) is 0 Å². The first kappa shape index (κ1) is 26.8. The average molecular weight is 570 g/mol. The highest BCUT2D eigenvalue weighted by Gasteiger charge is 2.27. The molecule has 0 saturated carbocycles. The minimum absolute atomic E-state index is 0.141. The maximum Gasteiger partial charge on any atom is 0.519 e. The van der Waals surface area contributed by atoms with Crippen LogP contribution >= 0.6 is 0 Å². The van der Waals surface area contributed by atoms with E-state index in [9.17, 15) is 14.4 Å². The Morgan fingerprint density at radius 3 is 2.45 bits per heavy atom. The fourth-order valence-corrected chi connectivity index (χ4v) is 4.73. The van der Waals surface area contributed by atoms with Gasteiger partial charge in [0, 0.05) is 5.56 Å². The van der Waals surface area contributed by atoms with Gasteiger partial charge in [0.2, 0.25) is 0 Å². The summed E-state index contributed by atoms with van der Waals surface area (Å²) in [5.74, 6) is -1.09. The van der Waals surface area contributed by atoms with Crippen molar-refractivity contribution in [3.05, 3.63) is 112 Å². The summed E-state index contributed by atoms with van der Waals surface area (Å²) in [5, 5.41) is 2.65. The number of fused-ring (bicyclic) bond motifs is 1. The van der Waals surface area contributed by atoms with E-state index in [4.69, 9.17) is 23.1 Å². The average Bonchev–Trinajstić information content (AvgIpc) is 3.68. The Bertz CT molecular complexity index is 1840. The highest BCUT2D eigenvalue weighted by atomic mass is 16.7. The maximum absolute atomic E-state index is 13.2. The van der Waals surface area contributed by atoms with E-state index >= 15 is 0 Å². The highest BCUT2D eigenvalue weighted by molar-refractivity contribution is 6.02. The zero-order valence-corrected chi connectivity index (χ0v) is 22.6. The predicted molar refractivity (Wildman–Crippen MR) is 148 cm³/mol. The Hall–Kier alpha value is -5.36. The van der Waals surface area contributed by atoms with Gasteiger partial charge in [-0.3, -0.25) is 9.88 Å². The smallest absolute Gasteiger partial charge is 0.465 e. The molecule has 0 spiro atoms. The summed E-state index contributed by atoms with van der Waals surface area (Å²) in [6, 6.07) is 21.0. The SMILES string of the molecule is CCOc1nc2cccc(C(=O)OCc3oc(=O)oc3C)c2n1Cc1ccc(-c2ccccc2[C]2NOC(=O)N2)cc1. The van der Waals surface area contributed by atoms with E-state index < -0.39 is 17.9 Å². The Balaban J connectivity index is 1.30. The van der Waals surface area contributed by atoms with Crippen molar-refractivity contribution in [3.63, 3.8) is 0 Å². The second-order valence-electron chi connectivity index (χ2n) is 9.33. The number of carbonyl (C=O) groups is 2. The summed E-state index contributed by atoms with van der Waals surface area (Å²) in [5.41, 5.74) is 7.54. The molecule has 3 heterocycles. The number of amides is 1. The molecule has 1 fully saturated rings. The minimum Gasteiger partial charge on any atom is -0.465 e. The second kappa shape index (κ2) is 11.3. The molecule has 12 nitrogen and oxygen atoms in total. The quantitative estimate of drug-likeness (QED) is 0.244. The van der Waals surface area contributed by atoms with Gasteiger partial charge in [0.15, 0.2) is 24.3 Å². The first-order chi connectivity index (χ1) is 20.4. The van der Waals surface area contributed by atoms with Crippen LogP contribution in [0.1, 0.15) is 39.9 Å². The van der Waals surface area contributed by atoms with Gasteiger partial charge in [0.25, 0.3) is 6.01 Å². The van der Waals surface area contributed by atoms with Gasteiger partial charge in [0.05, 0.1) is 29.7 Å². The van der Waals surface area contributed by atoms with Gasteiger partial charge >= 0.3 is 17.9 Å². The van der Waals surface area contributed by atoms with Crippen molar-refractivity contribution in [2.24, 2.45) is 0 Å². The summed E-state index contributed by atoms with van der Waals surface area (Å²) in [7, 11) is 0. The fourth-order valence-electron chi connectivity index (χ4n) is 4.73. The van der Waals surface area contributed by atoms with Crippen LogP contribution in [-0.2, 0) is 22.7 Å². The largest absolute Gasteiger partial charge is 0.519 e. The van der Waals surface area contributed by atoms with E-state index in [0.29, 0.717) is 36.4 Å². The number of carbonyl (C=O) groups excluding carboxylic acids is 2. The van der Waals surface area contributed by atoms with Crippen molar-refractivity contribution in [1.29, 1.82) is 0 Å². The summed E-state index contributed by atoms with van der Waals surface area (Å²) in [4.78, 5) is 45.5. The zero-order chi connectivity index (χ0) is 29.2. The number of esters is 1. The van der Waals surface area contributed by atoms with Crippen LogP contribution in [0.4, 0.5) is 4.79 Å². The van der Waals surface area contributed by atoms with E-state index in [0.717, 1.165) is 22.3 Å². The zero-order valence-electron chi connectivity index (χ0n) is 22.6. The molecule has 1 aliphatic rings. The number of rotatable bonds is 9. The van der Waals surface area contributed by atoms with Gasteiger partial charge < -0.3 is 23.1 Å². The molecule has 5 aromatic rings. The number of para-hydroxylation sites is 1. The number of hydrogen-bond donors (Lipinski definition) is 2. The third-order valence-corrected chi connectivity index (χ3v) is 6.67. The lowest BCUT2D eigenvalue weighted by atomic mass is 9.97. The normalized spacial score (nSPS) is 13.2. The lowest BCUT2D eigenvalue weighted by Gasteiger charge is -2.14. The lowest BCUT2D eigenvalue weighted by Crippen LogP contribution is -2.23. The Morgan fingerprint density at radius 1 is 0.976 bits per heavy atom. The van der Waals surface area contributed by atoms with Crippen molar-refractivity contribution in [1.82, 2.24) is 20.3 Å². The maximum atomic E-state index is 13.2. The summed E-state index contributed by atoms with van der Waals surface area (Å²) in [6.45, 7) is 3.89. The Morgan fingerprint density at radius 2 is 1.76 bits per heavy atom. The molecule has 2 N–H and O–H groups in total. The number of hydrogen-bond acceptors (Lipinski definition) is 10. The van der Waals surface area contributed by atoms with Crippen molar-refractivity contribution < 1.29 is 32.7 Å². The van der Waals surface area contributed by atoms with Crippen molar-refractivity contribution in [2.45, 2.75) is 27.0 Å². The van der Waals surface area contributed by atoms with Crippen LogP contribution < -0.4 is 21.4 Å². The van der Waals surface area contributed by atoms with Crippen LogP contribution in [-0.4, -0.2) is 28.2 Å². The number of ether oxygens (including phenoxy) is 2. The van der Waals surface area contributed by atoms with Crippen LogP contribution in [0.25, 0.3) is 22.2 Å². The van der Waals surface area contributed by atoms with Gasteiger partial charge in [-0.25, -0.2) is 14.4 Å². The first-order valence-corrected chi connectivity index (χ1v) is 13.1. The van der Waals surface area contributed by atoms with Crippen molar-refractivity contribution >= 4 is 23.1 Å². The molecule has 1 aliphatic heterocycles. The molecule has 0 bridgehead atoms. The molecule has 0 unspecified atom stereocenters. The van der Waals surface area contributed by atoms with Crippen LogP contribution in [0.3, 0.4) is 0 Å². The van der Waals surface area contributed by atoms with E-state index in [1.165, 1.54) is 0 Å². The molecule has 1 amide bonds.